The molecule has 0 aliphatic carbocycles. The van der Waals surface area contributed by atoms with Crippen molar-refractivity contribution in [3.8, 4) is 0 Å². The van der Waals surface area contributed by atoms with E-state index >= 15 is 0 Å². The Morgan fingerprint density at radius 3 is 2.63 bits per heavy atom. The first kappa shape index (κ1) is 12.9. The van der Waals surface area contributed by atoms with Gasteiger partial charge >= 0.3 is 12.1 Å². The first-order valence-electron chi connectivity index (χ1n) is 5.79. The quantitative estimate of drug-likeness (QED) is 0.509. The Bertz CT molecular complexity index is 636. The molecule has 0 saturated carbocycles. The summed E-state index contributed by atoms with van der Waals surface area (Å²) >= 11 is 0. The third kappa shape index (κ3) is 2.65. The number of hydrogen-bond acceptors (Lipinski definition) is 5. The van der Waals surface area contributed by atoms with E-state index in [0.29, 0.717) is 5.39 Å². The molecule has 0 saturated heterocycles. The Morgan fingerprint density at radius 2 is 1.89 bits per heavy atom. The van der Waals surface area contributed by atoms with Crippen LogP contribution in [0.3, 0.4) is 0 Å². The first-order chi connectivity index (χ1) is 9.13. The van der Waals surface area contributed by atoms with Gasteiger partial charge in [-0.15, -0.1) is 0 Å². The number of carbonyl (C=O) groups is 2. The molecule has 0 unspecified atom stereocenters. The van der Waals surface area contributed by atoms with Crippen molar-refractivity contribution in [3.05, 3.63) is 42.0 Å². The number of fused-ring (bicyclic) bond motifs is 1. The van der Waals surface area contributed by atoms with E-state index in [-0.39, 0.29) is 17.9 Å². The molecule has 0 atom stereocenters. The van der Waals surface area contributed by atoms with Crippen molar-refractivity contribution in [1.29, 1.82) is 0 Å². The normalized spacial score (nSPS) is 10.2. The zero-order valence-corrected chi connectivity index (χ0v) is 10.4. The number of ether oxygens (including phenoxy) is 2. The van der Waals surface area contributed by atoms with Gasteiger partial charge in [-0.05, 0) is 23.8 Å². The molecule has 5 heteroatoms. The van der Waals surface area contributed by atoms with E-state index in [9.17, 15) is 9.59 Å². The van der Waals surface area contributed by atoms with Crippen molar-refractivity contribution < 1.29 is 19.1 Å². The number of benzene rings is 2. The molecule has 0 bridgehead atoms. The molecule has 98 valence electrons. The summed E-state index contributed by atoms with van der Waals surface area (Å²) in [4.78, 5) is 23.1. The predicted molar refractivity (Wildman–Crippen MR) is 70.8 cm³/mol. The summed E-state index contributed by atoms with van der Waals surface area (Å²) in [5.74, 6) is -0.812. The van der Waals surface area contributed by atoms with Crippen LogP contribution in [-0.2, 0) is 9.47 Å². The third-order valence-corrected chi connectivity index (χ3v) is 2.60. The fourth-order valence-electron chi connectivity index (χ4n) is 1.79. The van der Waals surface area contributed by atoms with Gasteiger partial charge in [0.2, 0.25) is 0 Å². The molecule has 0 aromatic heterocycles. The zero-order valence-electron chi connectivity index (χ0n) is 10.4. The van der Waals surface area contributed by atoms with Gasteiger partial charge < -0.3 is 15.2 Å². The third-order valence-electron chi connectivity index (χ3n) is 2.60. The number of nitrogen functional groups attached to an aromatic ring is 1. The first-order valence-corrected chi connectivity index (χ1v) is 5.79. The molecule has 0 radical (unpaired) electrons. The van der Waals surface area contributed by atoms with E-state index in [1.807, 2.05) is 12.1 Å². The van der Waals surface area contributed by atoms with Crippen LogP contribution in [-0.4, -0.2) is 18.7 Å². The minimum atomic E-state index is -1.03. The maximum Gasteiger partial charge on any atom is 0.516 e. The van der Waals surface area contributed by atoms with Crippen molar-refractivity contribution in [2.24, 2.45) is 0 Å². The van der Waals surface area contributed by atoms with Crippen LogP contribution in [0, 0.1) is 0 Å². The second-order valence-electron chi connectivity index (χ2n) is 3.82. The summed E-state index contributed by atoms with van der Waals surface area (Å²) in [5.41, 5.74) is 6.21. The topological polar surface area (TPSA) is 78.6 Å². The second kappa shape index (κ2) is 5.39. The minimum Gasteiger partial charge on any atom is -0.434 e. The average Bonchev–Trinajstić information content (AvgIpc) is 2.38. The smallest absolute Gasteiger partial charge is 0.434 e. The molecule has 5 nitrogen and oxygen atoms in total. The molecular formula is C14H13NO4. The van der Waals surface area contributed by atoms with Gasteiger partial charge in [0, 0.05) is 5.69 Å². The summed E-state index contributed by atoms with van der Waals surface area (Å²) in [6.45, 7) is 1.76. The molecule has 0 amide bonds. The van der Waals surface area contributed by atoms with Crippen LogP contribution in [0.4, 0.5) is 10.5 Å². The minimum absolute atomic E-state index is 0.136. The Balaban J connectivity index is 2.41. The second-order valence-corrected chi connectivity index (χ2v) is 3.82. The van der Waals surface area contributed by atoms with Crippen LogP contribution < -0.4 is 5.73 Å². The van der Waals surface area contributed by atoms with Gasteiger partial charge in [-0.1, -0.05) is 30.3 Å². The lowest BCUT2D eigenvalue weighted by Crippen LogP contribution is -2.15. The number of esters is 1. The van der Waals surface area contributed by atoms with Crippen LogP contribution >= 0.6 is 0 Å². The number of rotatable bonds is 2. The van der Waals surface area contributed by atoms with Gasteiger partial charge in [-0.25, -0.2) is 9.59 Å². The fraction of sp³-hybridized carbons (Fsp3) is 0.143. The van der Waals surface area contributed by atoms with Crippen molar-refractivity contribution in [3.63, 3.8) is 0 Å². The summed E-state index contributed by atoms with van der Waals surface area (Å²) in [5, 5.41) is 1.48. The molecule has 0 spiro atoms. The van der Waals surface area contributed by atoms with Crippen LogP contribution in [0.2, 0.25) is 0 Å². The Kier molecular flexibility index (Phi) is 3.66. The van der Waals surface area contributed by atoms with Gasteiger partial charge in [0.25, 0.3) is 0 Å². The van der Waals surface area contributed by atoms with Crippen molar-refractivity contribution in [2.75, 3.05) is 12.3 Å². The number of carbonyl (C=O) groups excluding carboxylic acids is 2. The van der Waals surface area contributed by atoms with Crippen LogP contribution in [0.1, 0.15) is 17.3 Å². The summed E-state index contributed by atoms with van der Waals surface area (Å²) in [6, 6.07) is 10.6. The molecule has 0 fully saturated rings. The molecule has 19 heavy (non-hydrogen) atoms. The number of nitrogens with two attached hydrogens (primary N) is 1. The van der Waals surface area contributed by atoms with Gasteiger partial charge in [0.1, 0.15) is 0 Å². The highest BCUT2D eigenvalue weighted by Crippen LogP contribution is 2.25. The lowest BCUT2D eigenvalue weighted by molar-refractivity contribution is 0.0404. The van der Waals surface area contributed by atoms with E-state index in [1.54, 1.807) is 31.2 Å². The largest absolute Gasteiger partial charge is 0.516 e. The summed E-state index contributed by atoms with van der Waals surface area (Å²) in [6.07, 6.45) is -1.03. The molecule has 2 rings (SSSR count). The highest BCUT2D eigenvalue weighted by Gasteiger charge is 2.19. The van der Waals surface area contributed by atoms with Crippen LogP contribution in [0.15, 0.2) is 36.4 Å². The molecule has 0 heterocycles. The summed E-state index contributed by atoms with van der Waals surface area (Å²) in [7, 11) is 0. The van der Waals surface area contributed by atoms with E-state index in [1.165, 1.54) is 0 Å². The van der Waals surface area contributed by atoms with E-state index < -0.39 is 12.1 Å². The predicted octanol–water partition coefficient (Wildman–Crippen LogP) is 2.74. The maximum atomic E-state index is 12.0. The van der Waals surface area contributed by atoms with Gasteiger partial charge in [-0.2, -0.15) is 0 Å². The van der Waals surface area contributed by atoms with E-state index in [0.717, 1.165) is 5.39 Å². The lowest BCUT2D eigenvalue weighted by atomic mass is 10.0. The van der Waals surface area contributed by atoms with Crippen LogP contribution in [0.25, 0.3) is 10.8 Å². The van der Waals surface area contributed by atoms with Crippen LogP contribution in [0.5, 0.6) is 0 Å². The van der Waals surface area contributed by atoms with Gasteiger partial charge in [0.05, 0.1) is 12.2 Å². The molecule has 0 aliphatic rings. The number of hydrogen-bond donors (Lipinski definition) is 1. The highest BCUT2D eigenvalue weighted by atomic mass is 16.7. The molecule has 2 aromatic carbocycles. The highest BCUT2D eigenvalue weighted by molar-refractivity contribution is 6.10. The van der Waals surface area contributed by atoms with Gasteiger partial charge in [-0.3, -0.25) is 0 Å². The Labute approximate surface area is 109 Å². The monoisotopic (exact) mass is 259 g/mol. The van der Waals surface area contributed by atoms with Crippen molar-refractivity contribution in [2.45, 2.75) is 6.92 Å². The molecule has 0 aliphatic heterocycles. The molecule has 2 aromatic rings. The lowest BCUT2D eigenvalue weighted by Gasteiger charge is -2.08. The molecular weight excluding hydrogens is 246 g/mol. The van der Waals surface area contributed by atoms with Gasteiger partial charge in [0.15, 0.2) is 0 Å². The maximum absolute atomic E-state index is 12.0. The fourth-order valence-corrected chi connectivity index (χ4v) is 1.79. The average molecular weight is 259 g/mol. The van der Waals surface area contributed by atoms with Crippen molar-refractivity contribution >= 4 is 28.6 Å². The summed E-state index contributed by atoms with van der Waals surface area (Å²) < 4.78 is 9.15. The Morgan fingerprint density at radius 1 is 1.16 bits per heavy atom. The van der Waals surface area contributed by atoms with E-state index in [2.05, 4.69) is 9.47 Å². The zero-order chi connectivity index (χ0) is 13.8. The standard InChI is InChI=1S/C14H13NO4/c1-2-18-14(17)19-13(16)12-10-6-4-3-5-9(10)7-8-11(12)15/h3-8H,2,15H2,1H3. The molecule has 2 N–H and O–H groups in total. The van der Waals surface area contributed by atoms with E-state index in [4.69, 9.17) is 5.73 Å². The van der Waals surface area contributed by atoms with Crippen molar-refractivity contribution in [1.82, 2.24) is 0 Å². The SMILES string of the molecule is CCOC(=O)OC(=O)c1c(N)ccc2ccccc12. The Hall–Kier alpha value is -2.56. The number of anilines is 1.